The van der Waals surface area contributed by atoms with Crippen LogP contribution in [0.3, 0.4) is 0 Å². The van der Waals surface area contributed by atoms with Crippen molar-refractivity contribution in [2.75, 3.05) is 5.32 Å². The maximum Gasteiger partial charge on any atom is 0.573 e. The summed E-state index contributed by atoms with van der Waals surface area (Å²) in [6.45, 7) is 2.31. The van der Waals surface area contributed by atoms with Crippen molar-refractivity contribution in [1.82, 2.24) is 4.72 Å². The summed E-state index contributed by atoms with van der Waals surface area (Å²) in [5.74, 6) is -0.298. The number of rotatable bonds is 8. The first-order chi connectivity index (χ1) is 17.0. The van der Waals surface area contributed by atoms with Gasteiger partial charge in [-0.25, -0.2) is 13.1 Å². The molecule has 3 N–H and O–H groups in total. The van der Waals surface area contributed by atoms with Gasteiger partial charge in [-0.15, -0.1) is 13.2 Å². The molecular formula is C26H27F3N2O4S. The molecular weight excluding hydrogens is 493 g/mol. The van der Waals surface area contributed by atoms with Gasteiger partial charge in [0, 0.05) is 12.2 Å². The number of aryl methyl sites for hydroxylation is 2. The first-order valence-corrected chi connectivity index (χ1v) is 13.0. The summed E-state index contributed by atoms with van der Waals surface area (Å²) in [7, 11) is -3.87. The minimum atomic E-state index is -4.75. The van der Waals surface area contributed by atoms with Gasteiger partial charge in [-0.3, -0.25) is 0 Å². The lowest BCUT2D eigenvalue weighted by Crippen LogP contribution is -2.39. The Balaban J connectivity index is 1.49. The maximum atomic E-state index is 13.0. The van der Waals surface area contributed by atoms with Crippen LogP contribution in [0.25, 0.3) is 0 Å². The normalized spacial score (nSPS) is 17.9. The summed E-state index contributed by atoms with van der Waals surface area (Å²) < 4.78 is 69.7. The smallest absolute Gasteiger partial charge is 0.406 e. The number of aliphatic hydroxyl groups is 1. The Morgan fingerprint density at radius 1 is 1.00 bits per heavy atom. The molecule has 0 bridgehead atoms. The van der Waals surface area contributed by atoms with Crippen molar-refractivity contribution in [1.29, 1.82) is 0 Å². The first-order valence-electron chi connectivity index (χ1n) is 11.5. The number of hydrogen-bond donors (Lipinski definition) is 3. The molecule has 10 heteroatoms. The number of ether oxygens (including phenoxy) is 1. The van der Waals surface area contributed by atoms with E-state index in [9.17, 15) is 26.7 Å². The van der Waals surface area contributed by atoms with E-state index >= 15 is 0 Å². The van der Waals surface area contributed by atoms with Gasteiger partial charge in [-0.1, -0.05) is 37.3 Å². The van der Waals surface area contributed by atoms with Gasteiger partial charge >= 0.3 is 6.36 Å². The van der Waals surface area contributed by atoms with E-state index in [0.29, 0.717) is 30.6 Å². The molecule has 1 aliphatic rings. The van der Waals surface area contributed by atoms with Gasteiger partial charge in [0.2, 0.25) is 10.0 Å². The van der Waals surface area contributed by atoms with Crippen LogP contribution in [-0.2, 0) is 29.4 Å². The van der Waals surface area contributed by atoms with Crippen molar-refractivity contribution in [3.05, 3.63) is 89.0 Å². The van der Waals surface area contributed by atoms with Gasteiger partial charge in [0.1, 0.15) is 5.75 Å². The van der Waals surface area contributed by atoms with Crippen LogP contribution >= 0.6 is 0 Å². The van der Waals surface area contributed by atoms with E-state index in [1.807, 2.05) is 19.1 Å². The lowest BCUT2D eigenvalue weighted by molar-refractivity contribution is -0.274. The minimum Gasteiger partial charge on any atom is -0.406 e. The Hall–Kier alpha value is -3.08. The second-order valence-corrected chi connectivity index (χ2v) is 10.4. The van der Waals surface area contributed by atoms with Gasteiger partial charge in [0.05, 0.1) is 17.0 Å². The molecule has 2 atom stereocenters. The highest BCUT2D eigenvalue weighted by Gasteiger charge is 2.33. The van der Waals surface area contributed by atoms with Crippen LogP contribution < -0.4 is 14.8 Å². The number of halogens is 3. The van der Waals surface area contributed by atoms with Crippen LogP contribution in [0.5, 0.6) is 5.75 Å². The summed E-state index contributed by atoms with van der Waals surface area (Å²) in [5.41, 5.74) is 4.07. The van der Waals surface area contributed by atoms with Crippen molar-refractivity contribution in [2.24, 2.45) is 0 Å². The highest BCUT2D eigenvalue weighted by molar-refractivity contribution is 7.89. The van der Waals surface area contributed by atoms with Gasteiger partial charge in [0.15, 0.2) is 0 Å². The topological polar surface area (TPSA) is 87.7 Å². The predicted octanol–water partition coefficient (Wildman–Crippen LogP) is 5.09. The number of anilines is 1. The number of alkyl halides is 3. The van der Waals surface area contributed by atoms with Gasteiger partial charge < -0.3 is 15.2 Å². The average Bonchev–Trinajstić information content (AvgIpc) is 2.84. The van der Waals surface area contributed by atoms with Crippen LogP contribution in [-0.4, -0.2) is 26.0 Å². The van der Waals surface area contributed by atoms with Crippen molar-refractivity contribution in [2.45, 2.75) is 56.1 Å². The second kappa shape index (κ2) is 10.5. The third-order valence-corrected chi connectivity index (χ3v) is 7.61. The standard InChI is InChI=1S/C26H27F3N2O4S/c1-2-17-5-12-22(13-6-17)36(33,34)31-25-23-15-20(9-7-19(23)8-14-24(25)32)30-16-18-3-10-21(11-4-18)35-26(27,28)29/h3-7,9-13,15,24-25,30-32H,2,8,14,16H2,1H3. The number of hydrogen-bond acceptors (Lipinski definition) is 5. The summed E-state index contributed by atoms with van der Waals surface area (Å²) in [4.78, 5) is 0.131. The number of aliphatic hydroxyl groups excluding tert-OH is 1. The molecule has 1 aliphatic carbocycles. The number of sulfonamides is 1. The molecule has 0 amide bonds. The number of nitrogens with one attached hydrogen (secondary N) is 2. The fraction of sp³-hybridized carbons (Fsp3) is 0.308. The van der Waals surface area contributed by atoms with Crippen LogP contribution in [0.15, 0.2) is 71.6 Å². The molecule has 0 spiro atoms. The maximum absolute atomic E-state index is 13.0. The van der Waals surface area contributed by atoms with Crippen molar-refractivity contribution < 1.29 is 31.4 Å². The predicted molar refractivity (Wildman–Crippen MR) is 130 cm³/mol. The Bertz CT molecular complexity index is 1290. The fourth-order valence-corrected chi connectivity index (χ4v) is 5.44. The lowest BCUT2D eigenvalue weighted by atomic mass is 9.86. The Morgan fingerprint density at radius 2 is 1.67 bits per heavy atom. The SMILES string of the molecule is CCc1ccc(S(=O)(=O)NC2c3cc(NCc4ccc(OC(F)(F)F)cc4)ccc3CCC2O)cc1. The van der Waals surface area contributed by atoms with E-state index in [-0.39, 0.29) is 10.6 Å². The van der Waals surface area contributed by atoms with E-state index in [0.717, 1.165) is 23.1 Å². The van der Waals surface area contributed by atoms with Crippen LogP contribution in [0.1, 0.15) is 41.6 Å². The molecule has 36 heavy (non-hydrogen) atoms. The van der Waals surface area contributed by atoms with E-state index < -0.39 is 28.5 Å². The molecule has 0 aromatic heterocycles. The molecule has 192 valence electrons. The van der Waals surface area contributed by atoms with Crippen LogP contribution in [0.2, 0.25) is 0 Å². The third-order valence-electron chi connectivity index (χ3n) is 6.15. The Kier molecular flexibility index (Phi) is 7.58. The Labute approximate surface area is 208 Å². The van der Waals surface area contributed by atoms with E-state index in [1.165, 1.54) is 24.3 Å². The zero-order valence-corrected chi connectivity index (χ0v) is 20.4. The van der Waals surface area contributed by atoms with Crippen molar-refractivity contribution >= 4 is 15.7 Å². The number of benzene rings is 3. The summed E-state index contributed by atoms with van der Waals surface area (Å²) in [6, 6.07) is 16.9. The van der Waals surface area contributed by atoms with Gasteiger partial charge in [-0.05, 0) is 77.9 Å². The van der Waals surface area contributed by atoms with E-state index in [4.69, 9.17) is 0 Å². The fourth-order valence-electron chi connectivity index (χ4n) is 4.19. The van der Waals surface area contributed by atoms with Crippen LogP contribution in [0, 0.1) is 0 Å². The van der Waals surface area contributed by atoms with E-state index in [1.54, 1.807) is 30.3 Å². The quantitative estimate of drug-likeness (QED) is 0.385. The molecule has 0 fully saturated rings. The van der Waals surface area contributed by atoms with Crippen molar-refractivity contribution in [3.8, 4) is 5.75 Å². The van der Waals surface area contributed by atoms with Crippen molar-refractivity contribution in [3.63, 3.8) is 0 Å². The molecule has 6 nitrogen and oxygen atoms in total. The molecule has 0 aliphatic heterocycles. The summed E-state index contributed by atoms with van der Waals surface area (Å²) in [6.07, 6.45) is -3.80. The second-order valence-electron chi connectivity index (χ2n) is 8.66. The summed E-state index contributed by atoms with van der Waals surface area (Å²) in [5, 5.41) is 13.9. The summed E-state index contributed by atoms with van der Waals surface area (Å²) >= 11 is 0. The lowest BCUT2D eigenvalue weighted by Gasteiger charge is -2.31. The van der Waals surface area contributed by atoms with Crippen LogP contribution in [0.4, 0.5) is 18.9 Å². The highest BCUT2D eigenvalue weighted by Crippen LogP contribution is 2.33. The molecule has 3 aromatic rings. The van der Waals surface area contributed by atoms with Gasteiger partial charge in [-0.2, -0.15) is 0 Å². The minimum absolute atomic E-state index is 0.131. The molecule has 0 heterocycles. The molecule has 0 radical (unpaired) electrons. The van der Waals surface area contributed by atoms with Gasteiger partial charge in [0.25, 0.3) is 0 Å². The monoisotopic (exact) mass is 520 g/mol. The average molecular weight is 521 g/mol. The molecule has 4 rings (SSSR count). The first kappa shape index (κ1) is 26.0. The number of fused-ring (bicyclic) bond motifs is 1. The zero-order chi connectivity index (χ0) is 25.9. The zero-order valence-electron chi connectivity index (χ0n) is 19.5. The largest absolute Gasteiger partial charge is 0.573 e. The van der Waals surface area contributed by atoms with E-state index in [2.05, 4.69) is 14.8 Å². The molecule has 0 saturated carbocycles. The Morgan fingerprint density at radius 3 is 2.31 bits per heavy atom. The highest BCUT2D eigenvalue weighted by atomic mass is 32.2. The third kappa shape index (κ3) is 6.37. The molecule has 3 aromatic carbocycles. The molecule has 2 unspecified atom stereocenters. The molecule has 0 saturated heterocycles.